The first-order chi connectivity index (χ1) is 4.04. The number of nitrogens with two attached hydrogens (primary N) is 2. The van der Waals surface area contributed by atoms with Gasteiger partial charge in [-0.2, -0.15) is 0 Å². The molecule has 1 amide bonds. The number of carbonyl (C=O) groups is 2. The molecule has 0 saturated heterocycles. The van der Waals surface area contributed by atoms with Gasteiger partial charge in [-0.1, -0.05) is 0 Å². The average molecular weight is 242 g/mol. The lowest BCUT2D eigenvalue weighted by Gasteiger charge is -2.00. The number of hydrogen-bond acceptors (Lipinski definition) is 3. The Kier molecular flexibility index (Phi) is 3.71. The minimum atomic E-state index is -0.733. The van der Waals surface area contributed by atoms with Crippen molar-refractivity contribution in [1.29, 1.82) is 0 Å². The molecule has 52 valence electrons. The van der Waals surface area contributed by atoms with Crippen LogP contribution in [0.2, 0.25) is 0 Å². The van der Waals surface area contributed by atoms with Gasteiger partial charge in [0.15, 0.2) is 0 Å². The second-order valence-electron chi connectivity index (χ2n) is 1.58. The Hall–Kier alpha value is -0.170. The van der Waals surface area contributed by atoms with E-state index in [-0.39, 0.29) is 10.2 Å². The van der Waals surface area contributed by atoms with E-state index < -0.39 is 11.9 Å². The van der Waals surface area contributed by atoms with E-state index in [9.17, 15) is 9.59 Å². The molecule has 0 heterocycles. The molecule has 0 bridgehead atoms. The van der Waals surface area contributed by atoms with E-state index in [2.05, 4.69) is 0 Å². The van der Waals surface area contributed by atoms with Crippen molar-refractivity contribution in [3.05, 3.63) is 0 Å². The van der Waals surface area contributed by atoms with Crippen LogP contribution in [0.3, 0.4) is 0 Å². The van der Waals surface area contributed by atoms with Gasteiger partial charge in [0.1, 0.15) is 0 Å². The third kappa shape index (κ3) is 4.34. The van der Waals surface area contributed by atoms with E-state index in [1.165, 1.54) is 22.6 Å². The molecule has 5 heteroatoms. The molecule has 0 saturated carbocycles. The van der Waals surface area contributed by atoms with Gasteiger partial charge in [0.25, 0.3) is 0 Å². The highest BCUT2D eigenvalue weighted by Gasteiger charge is 2.11. The van der Waals surface area contributed by atoms with Gasteiger partial charge in [0.2, 0.25) is 9.70 Å². The van der Waals surface area contributed by atoms with Crippen molar-refractivity contribution in [2.75, 3.05) is 0 Å². The number of rotatable bonds is 3. The van der Waals surface area contributed by atoms with Crippen LogP contribution in [-0.4, -0.2) is 15.7 Å². The van der Waals surface area contributed by atoms with Crippen molar-refractivity contribution in [3.8, 4) is 0 Å². The van der Waals surface area contributed by atoms with Gasteiger partial charge in [-0.3, -0.25) is 9.59 Å². The van der Waals surface area contributed by atoms with Crippen LogP contribution in [0.4, 0.5) is 0 Å². The van der Waals surface area contributed by atoms with E-state index in [4.69, 9.17) is 11.5 Å². The Labute approximate surface area is 66.1 Å². The fourth-order valence-corrected chi connectivity index (χ4v) is 0.517. The third-order valence-electron chi connectivity index (χ3n) is 0.713. The summed E-state index contributed by atoms with van der Waals surface area (Å²) in [5.74, 6) is -0.549. The maximum absolute atomic E-state index is 10.3. The van der Waals surface area contributed by atoms with Gasteiger partial charge in [-0.05, 0) is 0 Å². The number of amides is 1. The molecule has 0 aromatic heterocycles. The zero-order valence-electron chi connectivity index (χ0n) is 4.63. The van der Waals surface area contributed by atoms with Gasteiger partial charge >= 0.3 is 0 Å². The average Bonchev–Trinajstić information content (AvgIpc) is 1.63. The highest BCUT2D eigenvalue weighted by atomic mass is 127. The van der Waals surface area contributed by atoms with Crippen LogP contribution in [0.1, 0.15) is 6.42 Å². The summed E-state index contributed by atoms with van der Waals surface area (Å²) in [7, 11) is 0. The smallest absolute Gasteiger partial charge is 0.219 e. The van der Waals surface area contributed by atoms with Gasteiger partial charge in [0, 0.05) is 29.0 Å². The maximum Gasteiger partial charge on any atom is 0.219 e. The van der Waals surface area contributed by atoms with Crippen molar-refractivity contribution in [1.82, 2.24) is 0 Å². The Bertz CT molecular complexity index is 137. The van der Waals surface area contributed by atoms with Crippen LogP contribution in [-0.2, 0) is 9.59 Å². The van der Waals surface area contributed by atoms with Crippen molar-refractivity contribution in [2.24, 2.45) is 11.5 Å². The molecule has 0 aliphatic rings. The van der Waals surface area contributed by atoms with Gasteiger partial charge in [-0.25, -0.2) is 0 Å². The summed E-state index contributed by atoms with van der Waals surface area (Å²) in [5, 5.41) is 0. The topological polar surface area (TPSA) is 86.2 Å². The standard InChI is InChI=1S/C4H7IN2O2/c5-4(9)2(6)1-3(7)8/h2H,1,6H2,(H2,7,8)/t2-/m0/s1. The van der Waals surface area contributed by atoms with Crippen LogP contribution >= 0.6 is 22.6 Å². The summed E-state index contributed by atoms with van der Waals surface area (Å²) in [6.45, 7) is 0. The zero-order chi connectivity index (χ0) is 7.44. The summed E-state index contributed by atoms with van der Waals surface area (Å²) >= 11 is 1.53. The van der Waals surface area contributed by atoms with E-state index in [0.717, 1.165) is 0 Å². The van der Waals surface area contributed by atoms with Crippen LogP contribution in [0.25, 0.3) is 0 Å². The molecule has 0 aromatic carbocycles. The lowest BCUT2D eigenvalue weighted by atomic mass is 10.2. The molecule has 0 rings (SSSR count). The summed E-state index contributed by atoms with van der Waals surface area (Å²) in [5.41, 5.74) is 9.92. The van der Waals surface area contributed by atoms with E-state index in [0.29, 0.717) is 0 Å². The molecule has 0 unspecified atom stereocenters. The second-order valence-corrected chi connectivity index (χ2v) is 2.64. The lowest BCUT2D eigenvalue weighted by molar-refractivity contribution is -0.120. The van der Waals surface area contributed by atoms with Crippen molar-refractivity contribution < 1.29 is 9.59 Å². The largest absolute Gasteiger partial charge is 0.370 e. The highest BCUT2D eigenvalue weighted by Crippen LogP contribution is 1.95. The molecule has 0 aliphatic heterocycles. The van der Waals surface area contributed by atoms with Crippen LogP contribution in [0, 0.1) is 0 Å². The molecule has 0 spiro atoms. The van der Waals surface area contributed by atoms with Gasteiger partial charge in [-0.15, -0.1) is 0 Å². The van der Waals surface area contributed by atoms with Crippen LogP contribution in [0.5, 0.6) is 0 Å². The minimum absolute atomic E-state index is 0.0677. The first kappa shape index (κ1) is 8.83. The molecule has 1 atom stereocenters. The first-order valence-corrected chi connectivity index (χ1v) is 3.35. The SMILES string of the molecule is NC(=O)C[C@H](N)C(=O)I. The Morgan fingerprint density at radius 3 is 2.11 bits per heavy atom. The number of hydrogen-bond donors (Lipinski definition) is 2. The van der Waals surface area contributed by atoms with Crippen molar-refractivity contribution >= 4 is 32.3 Å². The number of carbonyl (C=O) groups excluding carboxylic acids is 2. The maximum atomic E-state index is 10.3. The predicted molar refractivity (Wildman–Crippen MR) is 40.8 cm³/mol. The van der Waals surface area contributed by atoms with E-state index in [1.807, 2.05) is 0 Å². The normalized spacial score (nSPS) is 12.7. The predicted octanol–water partition coefficient (Wildman–Crippen LogP) is -0.849. The molecule has 0 aromatic rings. The third-order valence-corrected chi connectivity index (χ3v) is 1.51. The fraction of sp³-hybridized carbons (Fsp3) is 0.500. The molecule has 0 aliphatic carbocycles. The summed E-state index contributed by atoms with van der Waals surface area (Å²) in [4.78, 5) is 20.4. The van der Waals surface area contributed by atoms with Crippen molar-refractivity contribution in [2.45, 2.75) is 12.5 Å². The van der Waals surface area contributed by atoms with Crippen molar-refractivity contribution in [3.63, 3.8) is 0 Å². The quantitative estimate of drug-likeness (QED) is 0.499. The number of primary amides is 1. The monoisotopic (exact) mass is 242 g/mol. The van der Waals surface area contributed by atoms with Gasteiger partial charge < -0.3 is 11.5 Å². The molecule has 0 radical (unpaired) electrons. The summed E-state index contributed by atoms with van der Waals surface area (Å²) in [6, 6.07) is -0.733. The van der Waals surface area contributed by atoms with Crippen LogP contribution in [0.15, 0.2) is 0 Å². The van der Waals surface area contributed by atoms with Gasteiger partial charge in [0.05, 0.1) is 6.04 Å². The lowest BCUT2D eigenvalue weighted by Crippen LogP contribution is -2.31. The van der Waals surface area contributed by atoms with E-state index >= 15 is 0 Å². The highest BCUT2D eigenvalue weighted by molar-refractivity contribution is 14.1. The second kappa shape index (κ2) is 3.78. The Morgan fingerprint density at radius 2 is 2.00 bits per heavy atom. The molecule has 0 fully saturated rings. The Morgan fingerprint density at radius 1 is 1.56 bits per heavy atom. The van der Waals surface area contributed by atoms with Crippen LogP contribution < -0.4 is 11.5 Å². The molecule has 4 nitrogen and oxygen atoms in total. The molecular formula is C4H7IN2O2. The van der Waals surface area contributed by atoms with E-state index in [1.54, 1.807) is 0 Å². The fourth-order valence-electron chi connectivity index (χ4n) is 0.297. The summed E-state index contributed by atoms with van der Waals surface area (Å²) < 4.78 is -0.244. The Balaban J connectivity index is 3.63. The first-order valence-electron chi connectivity index (χ1n) is 2.27. The molecular weight excluding hydrogens is 235 g/mol. The molecule has 9 heavy (non-hydrogen) atoms. The molecule has 4 N–H and O–H groups in total. The number of halogens is 1. The minimum Gasteiger partial charge on any atom is -0.370 e. The zero-order valence-corrected chi connectivity index (χ0v) is 6.79. The summed E-state index contributed by atoms with van der Waals surface area (Å²) in [6.07, 6.45) is -0.0677.